The quantitative estimate of drug-likeness (QED) is 0.664. The van der Waals surface area contributed by atoms with Crippen molar-refractivity contribution in [1.82, 2.24) is 4.98 Å². The van der Waals surface area contributed by atoms with Gasteiger partial charge in [-0.1, -0.05) is 35.5 Å². The van der Waals surface area contributed by atoms with Crippen LogP contribution in [0, 0.1) is 6.92 Å². The Morgan fingerprint density at radius 2 is 1.65 bits per heavy atom. The zero-order chi connectivity index (χ0) is 17.8. The Balaban J connectivity index is 1.37. The highest BCUT2D eigenvalue weighted by Gasteiger charge is 2.24. The van der Waals surface area contributed by atoms with Gasteiger partial charge in [0.15, 0.2) is 6.10 Å². The minimum Gasteiger partial charge on any atom is -0.457 e. The molecule has 5 heteroatoms. The molecule has 1 atom stereocenters. The van der Waals surface area contributed by atoms with Gasteiger partial charge < -0.3 is 14.3 Å². The SMILES string of the molecule is Cc1cncc(OC2=NO[C@H](c3ccc(Oc4ccccc4)cc3)C2)c1. The molecule has 0 amide bonds. The van der Waals surface area contributed by atoms with Crippen molar-refractivity contribution in [3.05, 3.63) is 84.2 Å². The van der Waals surface area contributed by atoms with E-state index in [0.717, 1.165) is 22.6 Å². The predicted octanol–water partition coefficient (Wildman–Crippen LogP) is 5.04. The van der Waals surface area contributed by atoms with Crippen molar-refractivity contribution >= 4 is 5.90 Å². The van der Waals surface area contributed by atoms with Gasteiger partial charge in [-0.05, 0) is 48.4 Å². The molecule has 0 saturated heterocycles. The number of rotatable bonds is 4. The van der Waals surface area contributed by atoms with Gasteiger partial charge in [-0.25, -0.2) is 0 Å². The molecule has 0 radical (unpaired) electrons. The minimum atomic E-state index is -0.159. The van der Waals surface area contributed by atoms with Crippen LogP contribution >= 0.6 is 0 Å². The number of aromatic nitrogens is 1. The van der Waals surface area contributed by atoms with Crippen molar-refractivity contribution in [2.75, 3.05) is 0 Å². The largest absolute Gasteiger partial charge is 0.457 e. The Hall–Kier alpha value is -3.34. The lowest BCUT2D eigenvalue weighted by atomic mass is 10.1. The van der Waals surface area contributed by atoms with Gasteiger partial charge in [0.1, 0.15) is 17.2 Å². The summed E-state index contributed by atoms with van der Waals surface area (Å²) in [5.41, 5.74) is 2.06. The molecule has 2 aromatic carbocycles. The fourth-order valence-electron chi connectivity index (χ4n) is 2.69. The van der Waals surface area contributed by atoms with Crippen molar-refractivity contribution in [2.24, 2.45) is 5.16 Å². The van der Waals surface area contributed by atoms with Crippen LogP contribution in [-0.2, 0) is 4.84 Å². The molecule has 130 valence electrons. The molecule has 1 aromatic heterocycles. The van der Waals surface area contributed by atoms with E-state index in [4.69, 9.17) is 14.3 Å². The highest BCUT2D eigenvalue weighted by atomic mass is 16.7. The smallest absolute Gasteiger partial charge is 0.235 e. The summed E-state index contributed by atoms with van der Waals surface area (Å²) in [6, 6.07) is 19.4. The standard InChI is InChI=1S/C21H18N2O3/c1-15-11-19(14-22-13-15)25-21-12-20(26-23-21)16-7-9-18(10-8-16)24-17-5-3-2-4-6-17/h2-11,13-14,20H,12H2,1H3/t20-/m0/s1. The fourth-order valence-corrected chi connectivity index (χ4v) is 2.69. The number of oxime groups is 1. The molecule has 0 fully saturated rings. The Morgan fingerprint density at radius 1 is 0.885 bits per heavy atom. The normalized spacial score (nSPS) is 15.9. The summed E-state index contributed by atoms with van der Waals surface area (Å²) < 4.78 is 11.6. The number of para-hydroxylation sites is 1. The number of hydrogen-bond acceptors (Lipinski definition) is 5. The van der Waals surface area contributed by atoms with Crippen LogP contribution in [0.1, 0.15) is 23.7 Å². The number of pyridine rings is 1. The van der Waals surface area contributed by atoms with Crippen LogP contribution < -0.4 is 9.47 Å². The number of aryl methyl sites for hydroxylation is 1. The van der Waals surface area contributed by atoms with Gasteiger partial charge >= 0.3 is 0 Å². The topological polar surface area (TPSA) is 52.9 Å². The van der Waals surface area contributed by atoms with Crippen molar-refractivity contribution < 1.29 is 14.3 Å². The summed E-state index contributed by atoms with van der Waals surface area (Å²) in [7, 11) is 0. The van der Waals surface area contributed by atoms with E-state index >= 15 is 0 Å². The molecule has 0 N–H and O–H groups in total. The van der Waals surface area contributed by atoms with E-state index in [1.54, 1.807) is 12.4 Å². The van der Waals surface area contributed by atoms with Crippen LogP contribution in [0.3, 0.4) is 0 Å². The monoisotopic (exact) mass is 346 g/mol. The summed E-state index contributed by atoms with van der Waals surface area (Å²) in [6.45, 7) is 1.97. The van der Waals surface area contributed by atoms with Gasteiger partial charge in [-0.2, -0.15) is 0 Å². The maximum atomic E-state index is 5.81. The molecule has 1 aliphatic heterocycles. The van der Waals surface area contributed by atoms with Gasteiger partial charge in [0.25, 0.3) is 0 Å². The molecule has 0 bridgehead atoms. The van der Waals surface area contributed by atoms with Gasteiger partial charge in [0.05, 0.1) is 12.6 Å². The summed E-state index contributed by atoms with van der Waals surface area (Å²) in [5, 5.41) is 4.04. The average Bonchev–Trinajstić information content (AvgIpc) is 3.12. The highest BCUT2D eigenvalue weighted by molar-refractivity contribution is 5.79. The van der Waals surface area contributed by atoms with E-state index in [1.165, 1.54) is 0 Å². The number of hydrogen-bond donors (Lipinski definition) is 0. The molecule has 5 nitrogen and oxygen atoms in total. The summed E-state index contributed by atoms with van der Waals surface area (Å²) in [4.78, 5) is 9.63. The van der Waals surface area contributed by atoms with Gasteiger partial charge in [0.2, 0.25) is 5.90 Å². The van der Waals surface area contributed by atoms with Crippen LogP contribution in [0.15, 0.2) is 78.2 Å². The lowest BCUT2D eigenvalue weighted by Crippen LogP contribution is -2.07. The molecule has 3 aromatic rings. The van der Waals surface area contributed by atoms with E-state index in [2.05, 4.69) is 10.1 Å². The van der Waals surface area contributed by atoms with Crippen molar-refractivity contribution in [1.29, 1.82) is 0 Å². The maximum absolute atomic E-state index is 5.81. The second kappa shape index (κ2) is 7.27. The van der Waals surface area contributed by atoms with Crippen LogP contribution in [0.4, 0.5) is 0 Å². The first-order valence-corrected chi connectivity index (χ1v) is 8.41. The first-order valence-electron chi connectivity index (χ1n) is 8.41. The van der Waals surface area contributed by atoms with E-state index in [-0.39, 0.29) is 6.10 Å². The first kappa shape index (κ1) is 16.1. The predicted molar refractivity (Wildman–Crippen MR) is 98.4 cm³/mol. The third kappa shape index (κ3) is 3.83. The Bertz CT molecular complexity index is 908. The molecule has 0 saturated carbocycles. The Kier molecular flexibility index (Phi) is 4.51. The lowest BCUT2D eigenvalue weighted by molar-refractivity contribution is 0.0855. The third-order valence-electron chi connectivity index (χ3n) is 3.96. The van der Waals surface area contributed by atoms with Crippen LogP contribution in [-0.4, -0.2) is 10.9 Å². The van der Waals surface area contributed by atoms with Crippen LogP contribution in [0.2, 0.25) is 0 Å². The molecule has 0 unspecified atom stereocenters. The third-order valence-corrected chi connectivity index (χ3v) is 3.96. The zero-order valence-electron chi connectivity index (χ0n) is 14.3. The highest BCUT2D eigenvalue weighted by Crippen LogP contribution is 2.30. The average molecular weight is 346 g/mol. The van der Waals surface area contributed by atoms with Gasteiger partial charge in [0, 0.05) is 6.20 Å². The lowest BCUT2D eigenvalue weighted by Gasteiger charge is -2.10. The van der Waals surface area contributed by atoms with E-state index in [1.807, 2.05) is 67.6 Å². The van der Waals surface area contributed by atoms with Crippen molar-refractivity contribution in [3.8, 4) is 17.2 Å². The van der Waals surface area contributed by atoms with Crippen LogP contribution in [0.5, 0.6) is 17.2 Å². The number of benzene rings is 2. The van der Waals surface area contributed by atoms with Crippen molar-refractivity contribution in [2.45, 2.75) is 19.4 Å². The van der Waals surface area contributed by atoms with Gasteiger partial charge in [-0.15, -0.1) is 0 Å². The molecule has 0 aliphatic carbocycles. The second-order valence-electron chi connectivity index (χ2n) is 6.07. The van der Waals surface area contributed by atoms with E-state index in [0.29, 0.717) is 18.1 Å². The molecule has 0 spiro atoms. The van der Waals surface area contributed by atoms with Gasteiger partial charge in [-0.3, -0.25) is 4.98 Å². The minimum absolute atomic E-state index is 0.159. The van der Waals surface area contributed by atoms with E-state index < -0.39 is 0 Å². The fraction of sp³-hybridized carbons (Fsp3) is 0.143. The number of nitrogens with zero attached hydrogens (tertiary/aromatic N) is 2. The van der Waals surface area contributed by atoms with Crippen molar-refractivity contribution in [3.63, 3.8) is 0 Å². The number of ether oxygens (including phenoxy) is 2. The molecule has 26 heavy (non-hydrogen) atoms. The summed E-state index contributed by atoms with van der Waals surface area (Å²) in [6.07, 6.45) is 3.86. The molecule has 4 rings (SSSR count). The van der Waals surface area contributed by atoms with Crippen LogP contribution in [0.25, 0.3) is 0 Å². The maximum Gasteiger partial charge on any atom is 0.235 e. The second-order valence-corrected chi connectivity index (χ2v) is 6.07. The summed E-state index contributed by atoms with van der Waals surface area (Å²) >= 11 is 0. The Labute approximate surface area is 151 Å². The zero-order valence-corrected chi connectivity index (χ0v) is 14.3. The summed E-state index contributed by atoms with van der Waals surface area (Å²) in [5.74, 6) is 2.80. The first-order chi connectivity index (χ1) is 12.8. The molecular formula is C21H18N2O3. The molecule has 1 aliphatic rings. The molecule has 2 heterocycles. The Morgan fingerprint density at radius 3 is 2.42 bits per heavy atom. The molecular weight excluding hydrogens is 328 g/mol. The van der Waals surface area contributed by atoms with E-state index in [9.17, 15) is 0 Å².